The summed E-state index contributed by atoms with van der Waals surface area (Å²) < 4.78 is 0. The van der Waals surface area contributed by atoms with Crippen LogP contribution in [0, 0.1) is 17.3 Å². The van der Waals surface area contributed by atoms with Gasteiger partial charge in [0.1, 0.15) is 0 Å². The Morgan fingerprint density at radius 3 is 2.38 bits per heavy atom. The Hall–Kier alpha value is -0.560. The summed E-state index contributed by atoms with van der Waals surface area (Å²) >= 11 is 0. The average Bonchev–Trinajstić information content (AvgIpc) is 2.35. The Balaban J connectivity index is 2.30. The molecule has 0 heterocycles. The van der Waals surface area contributed by atoms with Gasteiger partial charge in [-0.15, -0.1) is 0 Å². The van der Waals surface area contributed by atoms with Crippen LogP contribution in [0.4, 0.5) is 0 Å². The summed E-state index contributed by atoms with van der Waals surface area (Å²) in [6, 6.07) is 0. The zero-order chi connectivity index (χ0) is 15.7. The standard InChI is InChI=1S/C20H34O/c1-15-7-6-8-16(2)10-12-18-19(3,4)17(11-9-15)13-14-20(18,5)21/h8-9,17-18,21H,6-7,10-14H2,1-5H3/b15-9-,16-8-/t17-,18+,20+/m1/s1. The third-order valence-corrected chi connectivity index (χ3v) is 6.31. The Labute approximate surface area is 131 Å². The van der Waals surface area contributed by atoms with Crippen molar-refractivity contribution in [2.45, 2.75) is 85.2 Å². The lowest BCUT2D eigenvalue weighted by atomic mass is 9.54. The second kappa shape index (κ2) is 6.28. The van der Waals surface area contributed by atoms with Crippen molar-refractivity contribution in [1.82, 2.24) is 0 Å². The molecule has 0 aliphatic heterocycles. The Kier molecular flexibility index (Phi) is 5.03. The van der Waals surface area contributed by atoms with Gasteiger partial charge in [0.25, 0.3) is 0 Å². The first-order valence-corrected chi connectivity index (χ1v) is 8.77. The fraction of sp³-hybridized carbons (Fsp3) is 0.800. The van der Waals surface area contributed by atoms with Crippen LogP contribution in [0.3, 0.4) is 0 Å². The first-order chi connectivity index (χ1) is 9.73. The van der Waals surface area contributed by atoms with Crippen molar-refractivity contribution in [3.63, 3.8) is 0 Å². The van der Waals surface area contributed by atoms with Crippen LogP contribution < -0.4 is 0 Å². The minimum absolute atomic E-state index is 0.220. The van der Waals surface area contributed by atoms with Crippen LogP contribution in [0.25, 0.3) is 0 Å². The van der Waals surface area contributed by atoms with Crippen molar-refractivity contribution in [1.29, 1.82) is 0 Å². The van der Waals surface area contributed by atoms with E-state index < -0.39 is 5.60 Å². The Morgan fingerprint density at radius 2 is 1.67 bits per heavy atom. The fourth-order valence-electron chi connectivity index (χ4n) is 4.67. The molecule has 1 N–H and O–H groups in total. The van der Waals surface area contributed by atoms with Crippen molar-refractivity contribution in [3.05, 3.63) is 23.3 Å². The molecule has 0 saturated heterocycles. The normalized spacial score (nSPS) is 42.8. The summed E-state index contributed by atoms with van der Waals surface area (Å²) in [5.74, 6) is 1.11. The molecule has 0 aromatic carbocycles. The van der Waals surface area contributed by atoms with Gasteiger partial charge in [0, 0.05) is 0 Å². The van der Waals surface area contributed by atoms with Crippen LogP contribution in [0.1, 0.15) is 79.6 Å². The monoisotopic (exact) mass is 290 g/mol. The van der Waals surface area contributed by atoms with Crippen molar-refractivity contribution < 1.29 is 5.11 Å². The predicted molar refractivity (Wildman–Crippen MR) is 91.2 cm³/mol. The molecule has 0 aromatic heterocycles. The van der Waals surface area contributed by atoms with Gasteiger partial charge < -0.3 is 5.11 Å². The summed E-state index contributed by atoms with van der Waals surface area (Å²) in [7, 11) is 0. The molecular weight excluding hydrogens is 256 g/mol. The Morgan fingerprint density at radius 1 is 1.00 bits per heavy atom. The highest BCUT2D eigenvalue weighted by Crippen LogP contribution is 2.53. The van der Waals surface area contributed by atoms with Gasteiger partial charge in [-0.25, -0.2) is 0 Å². The molecule has 1 nitrogen and oxygen atoms in total. The van der Waals surface area contributed by atoms with Crippen LogP contribution in [-0.4, -0.2) is 10.7 Å². The molecular formula is C20H34O. The van der Waals surface area contributed by atoms with Gasteiger partial charge in [-0.3, -0.25) is 0 Å². The third kappa shape index (κ3) is 3.80. The molecule has 120 valence electrons. The molecule has 21 heavy (non-hydrogen) atoms. The van der Waals surface area contributed by atoms with E-state index in [4.69, 9.17) is 0 Å². The van der Waals surface area contributed by atoms with Crippen LogP contribution in [0.5, 0.6) is 0 Å². The lowest BCUT2D eigenvalue weighted by molar-refractivity contribution is -0.118. The molecule has 0 radical (unpaired) electrons. The number of allylic oxidation sites excluding steroid dienone is 4. The number of hydrogen-bond donors (Lipinski definition) is 1. The summed E-state index contributed by atoms with van der Waals surface area (Å²) in [6.45, 7) is 11.4. The van der Waals surface area contributed by atoms with E-state index in [0.717, 1.165) is 25.7 Å². The van der Waals surface area contributed by atoms with Gasteiger partial charge in [0.2, 0.25) is 0 Å². The highest BCUT2D eigenvalue weighted by molar-refractivity contribution is 5.09. The van der Waals surface area contributed by atoms with E-state index in [9.17, 15) is 5.11 Å². The minimum atomic E-state index is -0.497. The molecule has 1 heteroatoms. The summed E-state index contributed by atoms with van der Waals surface area (Å²) in [5, 5.41) is 10.9. The van der Waals surface area contributed by atoms with E-state index in [0.29, 0.717) is 11.8 Å². The van der Waals surface area contributed by atoms with Gasteiger partial charge in [0.15, 0.2) is 0 Å². The number of aliphatic hydroxyl groups is 1. The maximum Gasteiger partial charge on any atom is 0.0653 e. The number of fused-ring (bicyclic) bond motifs is 2. The fourth-order valence-corrected chi connectivity index (χ4v) is 4.67. The lowest BCUT2D eigenvalue weighted by Gasteiger charge is -2.53. The minimum Gasteiger partial charge on any atom is -0.390 e. The van der Waals surface area contributed by atoms with Gasteiger partial charge >= 0.3 is 0 Å². The number of rotatable bonds is 0. The highest BCUT2D eigenvalue weighted by Gasteiger charge is 2.49. The predicted octanol–water partition coefficient (Wildman–Crippen LogP) is 5.65. The molecule has 0 aromatic rings. The zero-order valence-corrected chi connectivity index (χ0v) is 14.7. The van der Waals surface area contributed by atoms with E-state index >= 15 is 0 Å². The van der Waals surface area contributed by atoms with E-state index in [1.807, 2.05) is 0 Å². The van der Waals surface area contributed by atoms with Gasteiger partial charge in [0.05, 0.1) is 5.60 Å². The maximum absolute atomic E-state index is 10.9. The molecule has 0 spiro atoms. The van der Waals surface area contributed by atoms with Crippen LogP contribution in [-0.2, 0) is 0 Å². The molecule has 0 amide bonds. The molecule has 3 atom stereocenters. The topological polar surface area (TPSA) is 20.2 Å². The molecule has 2 aliphatic rings. The van der Waals surface area contributed by atoms with Crippen molar-refractivity contribution >= 4 is 0 Å². The van der Waals surface area contributed by atoms with E-state index in [1.54, 1.807) is 0 Å². The SMILES string of the molecule is C/C1=C/C[C@@H]2CC[C@](C)(O)[C@@H](CC/C(C)=C\CC1)C2(C)C. The Bertz CT molecular complexity index is 425. The maximum atomic E-state index is 10.9. The van der Waals surface area contributed by atoms with Gasteiger partial charge in [-0.2, -0.15) is 0 Å². The molecule has 2 rings (SSSR count). The van der Waals surface area contributed by atoms with Crippen LogP contribution in [0.2, 0.25) is 0 Å². The van der Waals surface area contributed by atoms with E-state index in [-0.39, 0.29) is 5.41 Å². The highest BCUT2D eigenvalue weighted by atomic mass is 16.3. The van der Waals surface area contributed by atoms with Gasteiger partial charge in [-0.05, 0) is 83.0 Å². The quantitative estimate of drug-likeness (QED) is 0.572. The first-order valence-electron chi connectivity index (χ1n) is 8.77. The summed E-state index contributed by atoms with van der Waals surface area (Å²) in [4.78, 5) is 0. The first kappa shape index (κ1) is 16.8. The second-order valence-corrected chi connectivity index (χ2v) is 8.38. The van der Waals surface area contributed by atoms with E-state index in [1.165, 1.54) is 30.4 Å². The summed E-state index contributed by atoms with van der Waals surface area (Å²) in [5.41, 5.74) is 2.75. The summed E-state index contributed by atoms with van der Waals surface area (Å²) in [6.07, 6.45) is 12.8. The second-order valence-electron chi connectivity index (χ2n) is 8.38. The molecule has 1 saturated carbocycles. The molecule has 0 unspecified atom stereocenters. The largest absolute Gasteiger partial charge is 0.390 e. The van der Waals surface area contributed by atoms with Crippen molar-refractivity contribution in [2.75, 3.05) is 0 Å². The zero-order valence-electron chi connectivity index (χ0n) is 14.7. The molecule has 2 bridgehead atoms. The van der Waals surface area contributed by atoms with Crippen molar-refractivity contribution in [3.8, 4) is 0 Å². The lowest BCUT2D eigenvalue weighted by Crippen LogP contribution is -2.51. The smallest absolute Gasteiger partial charge is 0.0653 e. The number of hydrogen-bond acceptors (Lipinski definition) is 1. The van der Waals surface area contributed by atoms with E-state index in [2.05, 4.69) is 46.8 Å². The van der Waals surface area contributed by atoms with Crippen LogP contribution >= 0.6 is 0 Å². The van der Waals surface area contributed by atoms with Crippen LogP contribution in [0.15, 0.2) is 23.3 Å². The molecule has 2 aliphatic carbocycles. The van der Waals surface area contributed by atoms with Crippen molar-refractivity contribution in [2.24, 2.45) is 17.3 Å². The van der Waals surface area contributed by atoms with Gasteiger partial charge in [-0.1, -0.05) is 37.1 Å². The third-order valence-electron chi connectivity index (χ3n) is 6.31. The molecule has 1 fully saturated rings. The average molecular weight is 290 g/mol.